The molecule has 0 aliphatic carbocycles. The van der Waals surface area contributed by atoms with Crippen LogP contribution in [-0.4, -0.2) is 13.2 Å². The van der Waals surface area contributed by atoms with Crippen LogP contribution < -0.4 is 15.2 Å². The number of hydrogen-bond acceptors (Lipinski definition) is 3. The normalized spacial score (nSPS) is 8.93. The summed E-state index contributed by atoms with van der Waals surface area (Å²) in [6.07, 6.45) is 0. The molecule has 0 amide bonds. The first-order valence-electron chi connectivity index (χ1n) is 4.93. The fraction of sp³-hybridized carbons (Fsp3) is 0.333. The Morgan fingerprint density at radius 2 is 1.93 bits per heavy atom. The van der Waals surface area contributed by atoms with Gasteiger partial charge in [-0.3, -0.25) is 0 Å². The van der Waals surface area contributed by atoms with Gasteiger partial charge in [0.25, 0.3) is 0 Å². The number of nitrogens with two attached hydrogens (primary N) is 1. The van der Waals surface area contributed by atoms with E-state index < -0.39 is 0 Å². The molecule has 0 aromatic heterocycles. The van der Waals surface area contributed by atoms with Gasteiger partial charge in [-0.2, -0.15) is 0 Å². The van der Waals surface area contributed by atoms with Gasteiger partial charge in [0.15, 0.2) is 0 Å². The quantitative estimate of drug-likeness (QED) is 0.601. The average molecular weight is 205 g/mol. The van der Waals surface area contributed by atoms with E-state index in [9.17, 15) is 0 Å². The van der Waals surface area contributed by atoms with Crippen LogP contribution in [0.3, 0.4) is 0 Å². The summed E-state index contributed by atoms with van der Waals surface area (Å²) in [6.45, 7) is 5.09. The van der Waals surface area contributed by atoms with Crippen molar-refractivity contribution >= 4 is 0 Å². The third kappa shape index (κ3) is 3.10. The van der Waals surface area contributed by atoms with Gasteiger partial charge in [0.2, 0.25) is 0 Å². The minimum Gasteiger partial charge on any atom is -0.494 e. The molecule has 3 nitrogen and oxygen atoms in total. The topological polar surface area (TPSA) is 44.5 Å². The molecule has 0 saturated heterocycles. The Hall–Kier alpha value is -1.82. The second kappa shape index (κ2) is 5.82. The Labute approximate surface area is 90.2 Å². The SMILES string of the molecule is CCOc1ccc(C#CN)c(OCC)c1. The molecule has 0 fully saturated rings. The third-order valence-corrected chi connectivity index (χ3v) is 1.77. The molecule has 0 heterocycles. The summed E-state index contributed by atoms with van der Waals surface area (Å²) >= 11 is 0. The predicted octanol–water partition coefficient (Wildman–Crippen LogP) is 1.75. The molecule has 15 heavy (non-hydrogen) atoms. The molecule has 80 valence electrons. The van der Waals surface area contributed by atoms with Crippen molar-refractivity contribution < 1.29 is 9.47 Å². The van der Waals surface area contributed by atoms with E-state index in [0.29, 0.717) is 19.0 Å². The van der Waals surface area contributed by atoms with Crippen molar-refractivity contribution in [2.45, 2.75) is 13.8 Å². The van der Waals surface area contributed by atoms with Crippen LogP contribution in [0.15, 0.2) is 18.2 Å². The van der Waals surface area contributed by atoms with E-state index in [2.05, 4.69) is 12.0 Å². The second-order valence-corrected chi connectivity index (χ2v) is 2.79. The van der Waals surface area contributed by atoms with Crippen LogP contribution in [0.5, 0.6) is 11.5 Å². The first kappa shape index (κ1) is 11.3. The largest absolute Gasteiger partial charge is 0.494 e. The van der Waals surface area contributed by atoms with Crippen molar-refractivity contribution in [2.75, 3.05) is 13.2 Å². The van der Waals surface area contributed by atoms with Gasteiger partial charge in [0, 0.05) is 12.1 Å². The van der Waals surface area contributed by atoms with Crippen LogP contribution in [0.4, 0.5) is 0 Å². The van der Waals surface area contributed by atoms with Crippen LogP contribution in [-0.2, 0) is 0 Å². The maximum atomic E-state index is 5.44. The summed E-state index contributed by atoms with van der Waals surface area (Å²) in [5.74, 6) is 4.27. The van der Waals surface area contributed by atoms with Gasteiger partial charge in [0.05, 0.1) is 18.8 Å². The monoisotopic (exact) mass is 205 g/mol. The van der Waals surface area contributed by atoms with Crippen LogP contribution in [0, 0.1) is 12.0 Å². The average Bonchev–Trinajstić information content (AvgIpc) is 2.23. The van der Waals surface area contributed by atoms with Crippen molar-refractivity contribution in [3.8, 4) is 23.5 Å². The zero-order valence-corrected chi connectivity index (χ0v) is 9.04. The zero-order valence-electron chi connectivity index (χ0n) is 9.04. The Balaban J connectivity index is 3.00. The Morgan fingerprint density at radius 1 is 1.20 bits per heavy atom. The fourth-order valence-electron chi connectivity index (χ4n) is 1.22. The van der Waals surface area contributed by atoms with E-state index >= 15 is 0 Å². The smallest absolute Gasteiger partial charge is 0.138 e. The van der Waals surface area contributed by atoms with Crippen molar-refractivity contribution in [3.63, 3.8) is 0 Å². The van der Waals surface area contributed by atoms with Gasteiger partial charge in [-0.15, -0.1) is 0 Å². The fourth-order valence-corrected chi connectivity index (χ4v) is 1.22. The second-order valence-electron chi connectivity index (χ2n) is 2.79. The Bertz CT molecular complexity index is 377. The lowest BCUT2D eigenvalue weighted by Gasteiger charge is -2.08. The van der Waals surface area contributed by atoms with E-state index in [-0.39, 0.29) is 0 Å². The molecule has 1 aromatic carbocycles. The molecule has 0 saturated carbocycles. The first-order valence-corrected chi connectivity index (χ1v) is 4.93. The number of hydrogen-bond donors (Lipinski definition) is 1. The first-order chi connectivity index (χ1) is 7.31. The van der Waals surface area contributed by atoms with Crippen LogP contribution in [0.1, 0.15) is 19.4 Å². The van der Waals surface area contributed by atoms with Gasteiger partial charge in [0.1, 0.15) is 11.5 Å². The summed E-state index contributed by atoms with van der Waals surface area (Å²) < 4.78 is 10.8. The Kier molecular flexibility index (Phi) is 4.36. The lowest BCUT2D eigenvalue weighted by atomic mass is 10.2. The minimum absolute atomic E-state index is 0.592. The van der Waals surface area contributed by atoms with E-state index in [0.717, 1.165) is 11.3 Å². The molecule has 0 atom stereocenters. The molecule has 1 rings (SSSR count). The Morgan fingerprint density at radius 3 is 2.53 bits per heavy atom. The van der Waals surface area contributed by atoms with Gasteiger partial charge >= 0.3 is 0 Å². The van der Waals surface area contributed by atoms with Crippen molar-refractivity contribution in [3.05, 3.63) is 23.8 Å². The summed E-state index contributed by atoms with van der Waals surface area (Å²) in [4.78, 5) is 0. The van der Waals surface area contributed by atoms with Crippen molar-refractivity contribution in [2.24, 2.45) is 5.73 Å². The summed E-state index contributed by atoms with van der Waals surface area (Å²) in [5.41, 5.74) is 5.95. The lowest BCUT2D eigenvalue weighted by molar-refractivity contribution is 0.322. The molecule has 1 aromatic rings. The maximum Gasteiger partial charge on any atom is 0.138 e. The van der Waals surface area contributed by atoms with Gasteiger partial charge < -0.3 is 15.2 Å². The number of rotatable bonds is 4. The summed E-state index contributed by atoms with van der Waals surface area (Å²) in [6, 6.07) is 7.89. The van der Waals surface area contributed by atoms with Gasteiger partial charge in [-0.1, -0.05) is 0 Å². The third-order valence-electron chi connectivity index (χ3n) is 1.77. The molecule has 0 unspecified atom stereocenters. The standard InChI is InChI=1S/C12H15NO2/c1-3-14-11-6-5-10(7-8-13)12(9-11)15-4-2/h5-6,9H,3-4,13H2,1-2H3. The molecular weight excluding hydrogens is 190 g/mol. The zero-order chi connectivity index (χ0) is 11.1. The van der Waals surface area contributed by atoms with Gasteiger partial charge in [-0.05, 0) is 31.9 Å². The summed E-state index contributed by atoms with van der Waals surface area (Å²) in [5, 5.41) is 0. The highest BCUT2D eigenvalue weighted by atomic mass is 16.5. The highest BCUT2D eigenvalue weighted by molar-refractivity contribution is 5.49. The molecule has 0 bridgehead atoms. The molecule has 0 aliphatic heterocycles. The molecule has 0 aliphatic rings. The van der Waals surface area contributed by atoms with E-state index in [1.54, 1.807) is 0 Å². The minimum atomic E-state index is 0.592. The number of ether oxygens (including phenoxy) is 2. The lowest BCUT2D eigenvalue weighted by Crippen LogP contribution is -1.97. The predicted molar refractivity (Wildman–Crippen MR) is 59.8 cm³/mol. The van der Waals surface area contributed by atoms with Crippen LogP contribution in [0.2, 0.25) is 0 Å². The van der Waals surface area contributed by atoms with Gasteiger partial charge in [-0.25, -0.2) is 0 Å². The van der Waals surface area contributed by atoms with E-state index in [4.69, 9.17) is 15.2 Å². The molecule has 0 radical (unpaired) electrons. The summed E-state index contributed by atoms with van der Waals surface area (Å²) in [7, 11) is 0. The maximum absolute atomic E-state index is 5.44. The van der Waals surface area contributed by atoms with Crippen molar-refractivity contribution in [1.29, 1.82) is 0 Å². The highest BCUT2D eigenvalue weighted by Crippen LogP contribution is 2.24. The molecule has 0 spiro atoms. The van der Waals surface area contributed by atoms with Crippen molar-refractivity contribution in [1.82, 2.24) is 0 Å². The molecule has 2 N–H and O–H groups in total. The van der Waals surface area contributed by atoms with E-state index in [1.807, 2.05) is 32.0 Å². The molecule has 3 heteroatoms. The van der Waals surface area contributed by atoms with Crippen LogP contribution >= 0.6 is 0 Å². The number of benzene rings is 1. The van der Waals surface area contributed by atoms with E-state index in [1.165, 1.54) is 0 Å². The molecular formula is C12H15NO2. The van der Waals surface area contributed by atoms with Crippen LogP contribution in [0.25, 0.3) is 0 Å². The highest BCUT2D eigenvalue weighted by Gasteiger charge is 2.03.